The van der Waals surface area contributed by atoms with Crippen molar-refractivity contribution in [3.8, 4) is 11.5 Å². The molecule has 1 aliphatic rings. The Morgan fingerprint density at radius 3 is 2.54 bits per heavy atom. The molecule has 1 aliphatic heterocycles. The van der Waals surface area contributed by atoms with Gasteiger partial charge in [-0.25, -0.2) is 9.97 Å². The molecule has 0 saturated carbocycles. The highest BCUT2D eigenvalue weighted by Crippen LogP contribution is 2.33. The smallest absolute Gasteiger partial charge is 0.162 e. The van der Waals surface area contributed by atoms with Crippen LogP contribution in [-0.2, 0) is 19.6 Å². The topological polar surface area (TPSA) is 90.2 Å². The van der Waals surface area contributed by atoms with E-state index < -0.39 is 0 Å². The summed E-state index contributed by atoms with van der Waals surface area (Å²) in [6.45, 7) is 4.70. The van der Waals surface area contributed by atoms with Gasteiger partial charge in [-0.2, -0.15) is 0 Å². The molecule has 0 amide bonds. The number of likely N-dealkylation sites (tertiary alicyclic amines) is 1. The fourth-order valence-corrected chi connectivity index (χ4v) is 4.64. The first-order valence-electron chi connectivity index (χ1n) is 12.0. The normalized spacial score (nSPS) is 14.8. The van der Waals surface area contributed by atoms with Crippen molar-refractivity contribution in [3.05, 3.63) is 66.2 Å². The predicted molar refractivity (Wildman–Crippen MR) is 134 cm³/mol. The van der Waals surface area contributed by atoms with Gasteiger partial charge in [-0.3, -0.25) is 9.58 Å². The minimum Gasteiger partial charge on any atom is -0.493 e. The van der Waals surface area contributed by atoms with E-state index in [0.717, 1.165) is 48.6 Å². The van der Waals surface area contributed by atoms with Crippen molar-refractivity contribution in [3.63, 3.8) is 0 Å². The molecule has 0 radical (unpaired) electrons. The van der Waals surface area contributed by atoms with E-state index in [-0.39, 0.29) is 0 Å². The van der Waals surface area contributed by atoms with E-state index >= 15 is 0 Å². The molecule has 5 rings (SSSR count). The third-order valence-electron chi connectivity index (χ3n) is 6.57. The number of ether oxygens (including phenoxy) is 2. The first kappa shape index (κ1) is 23.0. The quantitative estimate of drug-likeness (QED) is 0.393. The summed E-state index contributed by atoms with van der Waals surface area (Å²) in [5.74, 6) is 2.62. The van der Waals surface area contributed by atoms with Gasteiger partial charge in [0.05, 0.1) is 32.5 Å². The fourth-order valence-electron chi connectivity index (χ4n) is 4.64. The maximum atomic E-state index is 5.44. The Balaban J connectivity index is 1.16. The number of nitrogens with one attached hydrogen (secondary N) is 1. The van der Waals surface area contributed by atoms with E-state index in [1.807, 2.05) is 23.0 Å². The van der Waals surface area contributed by atoms with Crippen LogP contribution in [0.2, 0.25) is 0 Å². The lowest BCUT2D eigenvalue weighted by atomic mass is 9.96. The van der Waals surface area contributed by atoms with Gasteiger partial charge in [0.2, 0.25) is 0 Å². The Kier molecular flexibility index (Phi) is 7.04. The monoisotopic (exact) mass is 473 g/mol. The van der Waals surface area contributed by atoms with Gasteiger partial charge in [0.1, 0.15) is 17.8 Å². The number of methoxy groups -OCH3 is 2. The second kappa shape index (κ2) is 10.7. The molecule has 9 heteroatoms. The lowest BCUT2D eigenvalue weighted by Crippen LogP contribution is -2.34. The Labute approximate surface area is 205 Å². The highest BCUT2D eigenvalue weighted by atomic mass is 16.5. The van der Waals surface area contributed by atoms with Crippen LogP contribution >= 0.6 is 0 Å². The maximum Gasteiger partial charge on any atom is 0.162 e. The molecule has 182 valence electrons. The second-order valence-corrected chi connectivity index (χ2v) is 8.94. The lowest BCUT2D eigenvalue weighted by Gasteiger charge is -2.31. The van der Waals surface area contributed by atoms with E-state index in [9.17, 15) is 0 Å². The zero-order valence-corrected chi connectivity index (χ0v) is 20.2. The molecule has 35 heavy (non-hydrogen) atoms. The minimum absolute atomic E-state index is 0.524. The Bertz CT molecular complexity index is 1250. The molecule has 1 fully saturated rings. The number of hydrogen-bond acceptors (Lipinski definition) is 8. The number of aromatic nitrogens is 5. The van der Waals surface area contributed by atoms with Crippen LogP contribution in [-0.4, -0.2) is 57.2 Å². The standard InChI is InChI=1S/C26H31N7O2/c1-34-24-12-22-23(13-25(24)35-2)28-18-29-26(22)27-14-21-17-33(31-30-21)16-20-8-10-32(11-9-20)15-19-6-4-3-5-7-19/h3-7,12-13,17-18,20H,8-11,14-16H2,1-2H3,(H,27,28,29). The fraction of sp³-hybridized carbons (Fsp3) is 0.385. The van der Waals surface area contributed by atoms with Crippen LogP contribution in [0.15, 0.2) is 55.0 Å². The molecule has 1 N–H and O–H groups in total. The van der Waals surface area contributed by atoms with Gasteiger partial charge >= 0.3 is 0 Å². The first-order valence-corrected chi connectivity index (χ1v) is 12.0. The molecule has 3 heterocycles. The summed E-state index contributed by atoms with van der Waals surface area (Å²) in [5.41, 5.74) is 3.04. The number of fused-ring (bicyclic) bond motifs is 1. The van der Waals surface area contributed by atoms with E-state index in [4.69, 9.17) is 9.47 Å². The highest BCUT2D eigenvalue weighted by Gasteiger charge is 2.20. The maximum absolute atomic E-state index is 5.44. The van der Waals surface area contributed by atoms with E-state index in [2.05, 4.69) is 60.8 Å². The minimum atomic E-state index is 0.524. The number of benzene rings is 2. The summed E-state index contributed by atoms with van der Waals surface area (Å²) in [7, 11) is 3.23. The molecular weight excluding hydrogens is 442 g/mol. The zero-order chi connectivity index (χ0) is 24.0. The van der Waals surface area contributed by atoms with Gasteiger partial charge in [-0.15, -0.1) is 5.10 Å². The van der Waals surface area contributed by atoms with Crippen LogP contribution in [0, 0.1) is 5.92 Å². The van der Waals surface area contributed by atoms with E-state index in [1.165, 1.54) is 24.7 Å². The number of nitrogens with zero attached hydrogens (tertiary/aromatic N) is 6. The summed E-state index contributed by atoms with van der Waals surface area (Å²) in [6.07, 6.45) is 5.92. The van der Waals surface area contributed by atoms with Crippen LogP contribution in [0.1, 0.15) is 24.1 Å². The molecule has 2 aromatic heterocycles. The lowest BCUT2D eigenvalue weighted by molar-refractivity contribution is 0.164. The number of hydrogen-bond donors (Lipinski definition) is 1. The molecule has 0 atom stereocenters. The molecule has 0 aliphatic carbocycles. The average Bonchev–Trinajstić information content (AvgIpc) is 3.35. The molecule has 0 spiro atoms. The van der Waals surface area contributed by atoms with E-state index in [1.54, 1.807) is 14.2 Å². The van der Waals surface area contributed by atoms with Crippen LogP contribution in [0.3, 0.4) is 0 Å². The van der Waals surface area contributed by atoms with Crippen molar-refractivity contribution < 1.29 is 9.47 Å². The van der Waals surface area contributed by atoms with Gasteiger partial charge in [0.25, 0.3) is 0 Å². The van der Waals surface area contributed by atoms with Gasteiger partial charge in [-0.05, 0) is 43.5 Å². The third-order valence-corrected chi connectivity index (χ3v) is 6.57. The summed E-state index contributed by atoms with van der Waals surface area (Å²) >= 11 is 0. The molecule has 4 aromatic rings. The molecular formula is C26H31N7O2. The Morgan fingerprint density at radius 1 is 1.00 bits per heavy atom. The SMILES string of the molecule is COc1cc2ncnc(NCc3cn(CC4CCN(Cc5ccccc5)CC4)nn3)c2cc1OC. The van der Waals surface area contributed by atoms with Crippen LogP contribution in [0.25, 0.3) is 10.9 Å². The van der Waals surface area contributed by atoms with Crippen LogP contribution in [0.5, 0.6) is 11.5 Å². The summed E-state index contributed by atoms with van der Waals surface area (Å²) in [6, 6.07) is 14.4. The van der Waals surface area contributed by atoms with Crippen molar-refractivity contribution in [2.75, 3.05) is 32.6 Å². The summed E-state index contributed by atoms with van der Waals surface area (Å²) < 4.78 is 12.8. The Hall–Kier alpha value is -3.72. The molecule has 0 unspecified atom stereocenters. The number of rotatable bonds is 9. The molecule has 1 saturated heterocycles. The van der Waals surface area contributed by atoms with E-state index in [0.29, 0.717) is 24.0 Å². The second-order valence-electron chi connectivity index (χ2n) is 8.94. The zero-order valence-electron chi connectivity index (χ0n) is 20.2. The summed E-state index contributed by atoms with van der Waals surface area (Å²) in [4.78, 5) is 11.3. The average molecular weight is 474 g/mol. The highest BCUT2D eigenvalue weighted by molar-refractivity contribution is 5.91. The Morgan fingerprint density at radius 2 is 1.77 bits per heavy atom. The van der Waals surface area contributed by atoms with Crippen molar-refractivity contribution in [2.24, 2.45) is 5.92 Å². The van der Waals surface area contributed by atoms with Crippen molar-refractivity contribution in [2.45, 2.75) is 32.5 Å². The molecule has 2 aromatic carbocycles. The van der Waals surface area contributed by atoms with Crippen molar-refractivity contribution in [1.29, 1.82) is 0 Å². The molecule has 9 nitrogen and oxygen atoms in total. The molecule has 0 bridgehead atoms. The van der Waals surface area contributed by atoms with Gasteiger partial charge in [0, 0.05) is 24.5 Å². The van der Waals surface area contributed by atoms with Gasteiger partial charge in [-0.1, -0.05) is 35.5 Å². The van der Waals surface area contributed by atoms with Crippen LogP contribution < -0.4 is 14.8 Å². The predicted octanol–water partition coefficient (Wildman–Crippen LogP) is 3.76. The number of anilines is 1. The number of piperidine rings is 1. The first-order chi connectivity index (χ1) is 17.2. The summed E-state index contributed by atoms with van der Waals surface area (Å²) in [5, 5.41) is 13.0. The largest absolute Gasteiger partial charge is 0.493 e. The van der Waals surface area contributed by atoms with Gasteiger partial charge in [0.15, 0.2) is 11.5 Å². The third kappa shape index (κ3) is 5.51. The van der Waals surface area contributed by atoms with Gasteiger partial charge < -0.3 is 14.8 Å². The van der Waals surface area contributed by atoms with Crippen molar-refractivity contribution >= 4 is 16.7 Å². The van der Waals surface area contributed by atoms with Crippen LogP contribution in [0.4, 0.5) is 5.82 Å². The van der Waals surface area contributed by atoms with Crippen molar-refractivity contribution in [1.82, 2.24) is 29.9 Å².